The Kier molecular flexibility index (Phi) is 5.48. The van der Waals surface area contributed by atoms with Crippen LogP contribution in [0.5, 0.6) is 0 Å². The highest BCUT2D eigenvalue weighted by atomic mass is 16.2. The zero-order valence-corrected chi connectivity index (χ0v) is 14.4. The Bertz CT molecular complexity index is 831. The summed E-state index contributed by atoms with van der Waals surface area (Å²) >= 11 is 0. The fourth-order valence-electron chi connectivity index (χ4n) is 2.79. The molecule has 0 radical (unpaired) electrons. The molecule has 0 bridgehead atoms. The third kappa shape index (κ3) is 4.07. The second-order valence-corrected chi connectivity index (χ2v) is 6.09. The quantitative estimate of drug-likeness (QED) is 0.350. The lowest BCUT2D eigenvalue weighted by Gasteiger charge is -2.14. The average Bonchev–Trinajstić information content (AvgIpc) is 2.65. The summed E-state index contributed by atoms with van der Waals surface area (Å²) in [5, 5.41) is 16.2. The number of hydrazine groups is 1. The van der Waals surface area contributed by atoms with Crippen LogP contribution in [0, 0.1) is 0 Å². The number of benzene rings is 2. The minimum atomic E-state index is 0.220. The number of hydrogen-bond donors (Lipinski definition) is 3. The van der Waals surface area contributed by atoms with E-state index in [0.717, 1.165) is 52.9 Å². The molecule has 3 rings (SSSR count). The van der Waals surface area contributed by atoms with E-state index in [4.69, 9.17) is 15.9 Å². The van der Waals surface area contributed by atoms with Gasteiger partial charge in [-0.25, -0.2) is 10.8 Å². The number of nitrogens with one attached hydrogen (secondary N) is 1. The molecule has 0 amide bonds. The standard InChI is InChI=1S/C20H24N4O/c1-24(21)17-10-8-15(9-11-17)19-14-16-6-2-3-7-18(16)20(23-19)22-12-4-5-13-25/h2-3,6-11,14,25H,4-5,12-13,21H2,1H3,(H,22,23). The van der Waals surface area contributed by atoms with Crippen molar-refractivity contribution in [3.8, 4) is 11.3 Å². The summed E-state index contributed by atoms with van der Waals surface area (Å²) < 4.78 is 0. The van der Waals surface area contributed by atoms with Gasteiger partial charge in [0, 0.05) is 31.1 Å². The van der Waals surface area contributed by atoms with Gasteiger partial charge in [-0.15, -0.1) is 0 Å². The average molecular weight is 336 g/mol. The maximum atomic E-state index is 8.93. The molecule has 5 heteroatoms. The minimum absolute atomic E-state index is 0.220. The number of unbranched alkanes of at least 4 members (excludes halogenated alkanes) is 1. The monoisotopic (exact) mass is 336 g/mol. The van der Waals surface area contributed by atoms with Gasteiger partial charge in [0.2, 0.25) is 0 Å². The normalized spacial score (nSPS) is 10.8. The molecule has 0 atom stereocenters. The largest absolute Gasteiger partial charge is 0.396 e. The van der Waals surface area contributed by atoms with Gasteiger partial charge in [-0.1, -0.05) is 36.4 Å². The van der Waals surface area contributed by atoms with Crippen molar-refractivity contribution in [2.24, 2.45) is 5.84 Å². The number of aromatic nitrogens is 1. The van der Waals surface area contributed by atoms with Crippen molar-refractivity contribution in [1.82, 2.24) is 4.98 Å². The van der Waals surface area contributed by atoms with Crippen LogP contribution in [-0.2, 0) is 0 Å². The molecule has 0 unspecified atom stereocenters. The van der Waals surface area contributed by atoms with Crippen LogP contribution < -0.4 is 16.2 Å². The summed E-state index contributed by atoms with van der Waals surface area (Å²) in [6, 6.07) is 18.4. The molecule has 5 nitrogen and oxygen atoms in total. The SMILES string of the molecule is CN(N)c1ccc(-c2cc3ccccc3c(NCCCCO)n2)cc1. The van der Waals surface area contributed by atoms with Crippen LogP contribution in [0.15, 0.2) is 54.6 Å². The Labute approximate surface area is 148 Å². The Morgan fingerprint density at radius 3 is 2.56 bits per heavy atom. The highest BCUT2D eigenvalue weighted by molar-refractivity contribution is 5.94. The van der Waals surface area contributed by atoms with Crippen LogP contribution in [-0.4, -0.2) is 30.3 Å². The van der Waals surface area contributed by atoms with Gasteiger partial charge in [0.15, 0.2) is 0 Å². The first kappa shape index (κ1) is 17.2. The molecular formula is C20H24N4O. The fraction of sp³-hybridized carbons (Fsp3) is 0.250. The van der Waals surface area contributed by atoms with Crippen LogP contribution in [0.4, 0.5) is 11.5 Å². The predicted molar refractivity (Wildman–Crippen MR) is 105 cm³/mol. The summed E-state index contributed by atoms with van der Waals surface area (Å²) in [5.74, 6) is 6.65. The number of nitrogens with zero attached hydrogens (tertiary/aromatic N) is 2. The number of aliphatic hydroxyl groups is 1. The molecule has 2 aromatic carbocycles. The first-order chi connectivity index (χ1) is 12.2. The summed E-state index contributed by atoms with van der Waals surface area (Å²) in [4.78, 5) is 4.82. The van der Waals surface area contributed by atoms with Crippen LogP contribution in [0.3, 0.4) is 0 Å². The van der Waals surface area contributed by atoms with Gasteiger partial charge in [0.05, 0.1) is 11.4 Å². The van der Waals surface area contributed by atoms with Crippen molar-refractivity contribution in [2.45, 2.75) is 12.8 Å². The number of aliphatic hydroxyl groups excluding tert-OH is 1. The van der Waals surface area contributed by atoms with E-state index in [1.165, 1.54) is 0 Å². The number of pyridine rings is 1. The van der Waals surface area contributed by atoms with Gasteiger partial charge in [-0.3, -0.25) is 0 Å². The van der Waals surface area contributed by atoms with E-state index in [2.05, 4.69) is 23.5 Å². The fourth-order valence-corrected chi connectivity index (χ4v) is 2.79. The second-order valence-electron chi connectivity index (χ2n) is 6.09. The third-order valence-corrected chi connectivity index (χ3v) is 4.19. The van der Waals surface area contributed by atoms with E-state index in [0.29, 0.717) is 0 Å². The van der Waals surface area contributed by atoms with Gasteiger partial charge >= 0.3 is 0 Å². The van der Waals surface area contributed by atoms with Crippen molar-refractivity contribution >= 4 is 22.3 Å². The van der Waals surface area contributed by atoms with Crippen LogP contribution in [0.25, 0.3) is 22.0 Å². The first-order valence-electron chi connectivity index (χ1n) is 8.52. The summed E-state index contributed by atoms with van der Waals surface area (Å²) in [7, 11) is 1.82. The lowest BCUT2D eigenvalue weighted by Crippen LogP contribution is -2.24. The second kappa shape index (κ2) is 7.96. The van der Waals surface area contributed by atoms with Gasteiger partial charge in [0.1, 0.15) is 5.82 Å². The Balaban J connectivity index is 1.95. The smallest absolute Gasteiger partial charge is 0.134 e. The number of rotatable bonds is 7. The van der Waals surface area contributed by atoms with Crippen molar-refractivity contribution in [2.75, 3.05) is 30.5 Å². The summed E-state index contributed by atoms with van der Waals surface area (Å²) in [6.45, 7) is 1.01. The molecular weight excluding hydrogens is 312 g/mol. The highest BCUT2D eigenvalue weighted by Gasteiger charge is 2.08. The molecule has 4 N–H and O–H groups in total. The lowest BCUT2D eigenvalue weighted by atomic mass is 10.1. The number of anilines is 2. The van der Waals surface area contributed by atoms with Gasteiger partial charge < -0.3 is 15.4 Å². The minimum Gasteiger partial charge on any atom is -0.396 e. The van der Waals surface area contributed by atoms with E-state index in [9.17, 15) is 0 Å². The molecule has 1 aromatic heterocycles. The topological polar surface area (TPSA) is 74.4 Å². The molecule has 0 aliphatic rings. The van der Waals surface area contributed by atoms with Gasteiger partial charge in [0.25, 0.3) is 0 Å². The molecule has 0 spiro atoms. The molecule has 3 aromatic rings. The van der Waals surface area contributed by atoms with Crippen LogP contribution >= 0.6 is 0 Å². The van der Waals surface area contributed by atoms with E-state index >= 15 is 0 Å². The molecule has 0 saturated carbocycles. The third-order valence-electron chi connectivity index (χ3n) is 4.19. The number of hydrogen-bond acceptors (Lipinski definition) is 5. The van der Waals surface area contributed by atoms with Crippen molar-refractivity contribution in [3.63, 3.8) is 0 Å². The zero-order chi connectivity index (χ0) is 17.6. The molecule has 130 valence electrons. The molecule has 1 heterocycles. The Morgan fingerprint density at radius 2 is 1.84 bits per heavy atom. The molecule has 0 fully saturated rings. The summed E-state index contributed by atoms with van der Waals surface area (Å²) in [5.41, 5.74) is 2.93. The highest BCUT2D eigenvalue weighted by Crippen LogP contribution is 2.28. The van der Waals surface area contributed by atoms with Crippen molar-refractivity contribution < 1.29 is 5.11 Å². The van der Waals surface area contributed by atoms with Crippen molar-refractivity contribution in [3.05, 3.63) is 54.6 Å². The molecule has 0 aliphatic carbocycles. The molecule has 25 heavy (non-hydrogen) atoms. The number of fused-ring (bicyclic) bond motifs is 1. The van der Waals surface area contributed by atoms with Crippen LogP contribution in [0.1, 0.15) is 12.8 Å². The van der Waals surface area contributed by atoms with Gasteiger partial charge in [-0.2, -0.15) is 0 Å². The first-order valence-corrected chi connectivity index (χ1v) is 8.52. The van der Waals surface area contributed by atoms with Crippen LogP contribution in [0.2, 0.25) is 0 Å². The molecule has 0 saturated heterocycles. The predicted octanol–water partition coefficient (Wildman–Crippen LogP) is 3.40. The zero-order valence-electron chi connectivity index (χ0n) is 14.4. The number of nitrogens with two attached hydrogens (primary N) is 1. The van der Waals surface area contributed by atoms with E-state index in [1.807, 2.05) is 43.4 Å². The lowest BCUT2D eigenvalue weighted by molar-refractivity contribution is 0.286. The van der Waals surface area contributed by atoms with E-state index in [-0.39, 0.29) is 6.61 Å². The molecule has 0 aliphatic heterocycles. The van der Waals surface area contributed by atoms with E-state index < -0.39 is 0 Å². The maximum absolute atomic E-state index is 8.93. The maximum Gasteiger partial charge on any atom is 0.134 e. The Hall–Kier alpha value is -2.63. The summed E-state index contributed by atoms with van der Waals surface area (Å²) in [6.07, 6.45) is 1.70. The Morgan fingerprint density at radius 1 is 1.08 bits per heavy atom. The van der Waals surface area contributed by atoms with E-state index in [1.54, 1.807) is 5.01 Å². The van der Waals surface area contributed by atoms with Crippen molar-refractivity contribution in [1.29, 1.82) is 0 Å². The van der Waals surface area contributed by atoms with Gasteiger partial charge in [-0.05, 0) is 36.4 Å².